The molecular weight excluding hydrogens is 232 g/mol. The normalized spacial score (nSPS) is 12.4. The van der Waals surface area contributed by atoms with Crippen LogP contribution in [-0.2, 0) is 6.54 Å². The Balaban J connectivity index is 2.29. The van der Waals surface area contributed by atoms with Gasteiger partial charge in [-0.3, -0.25) is 0 Å². The van der Waals surface area contributed by atoms with Crippen molar-refractivity contribution >= 4 is 11.6 Å². The number of benzene rings is 2. The average Bonchev–Trinajstić information content (AvgIpc) is 2.39. The van der Waals surface area contributed by atoms with Crippen molar-refractivity contribution in [2.24, 2.45) is 11.5 Å². The molecule has 2 nitrogen and oxygen atoms in total. The molecule has 0 spiro atoms. The fourth-order valence-electron chi connectivity index (χ4n) is 1.78. The van der Waals surface area contributed by atoms with Gasteiger partial charge in [0.1, 0.15) is 0 Å². The molecule has 1 unspecified atom stereocenters. The highest BCUT2D eigenvalue weighted by Crippen LogP contribution is 2.21. The van der Waals surface area contributed by atoms with Gasteiger partial charge in [0.05, 0.1) is 6.04 Å². The first kappa shape index (κ1) is 12.1. The van der Waals surface area contributed by atoms with Gasteiger partial charge in [-0.1, -0.05) is 48.0 Å². The Morgan fingerprint density at radius 2 is 1.71 bits per heavy atom. The lowest BCUT2D eigenvalue weighted by Gasteiger charge is -2.13. The predicted octanol–water partition coefficient (Wildman–Crippen LogP) is 2.85. The first-order chi connectivity index (χ1) is 8.20. The van der Waals surface area contributed by atoms with E-state index in [1.165, 1.54) is 0 Å². The third kappa shape index (κ3) is 2.86. The van der Waals surface area contributed by atoms with Crippen LogP contribution in [0, 0.1) is 0 Å². The summed E-state index contributed by atoms with van der Waals surface area (Å²) in [7, 11) is 0. The van der Waals surface area contributed by atoms with E-state index in [0.717, 1.165) is 21.7 Å². The van der Waals surface area contributed by atoms with Gasteiger partial charge in [-0.25, -0.2) is 0 Å². The van der Waals surface area contributed by atoms with E-state index in [1.54, 1.807) is 0 Å². The molecule has 3 heteroatoms. The first-order valence-electron chi connectivity index (χ1n) is 5.50. The molecule has 2 aromatic carbocycles. The lowest BCUT2D eigenvalue weighted by Crippen LogP contribution is -2.12. The molecular formula is C14H15ClN2. The van der Waals surface area contributed by atoms with E-state index in [0.29, 0.717) is 6.54 Å². The molecule has 2 rings (SSSR count). The quantitative estimate of drug-likeness (QED) is 0.875. The lowest BCUT2D eigenvalue weighted by atomic mass is 9.98. The smallest absolute Gasteiger partial charge is 0.0551 e. The Hall–Kier alpha value is -1.35. The molecule has 0 saturated carbocycles. The Kier molecular flexibility index (Phi) is 3.79. The molecule has 0 aromatic heterocycles. The summed E-state index contributed by atoms with van der Waals surface area (Å²) in [5, 5.41) is 0.719. The van der Waals surface area contributed by atoms with Crippen molar-refractivity contribution in [3.8, 4) is 0 Å². The molecule has 0 heterocycles. The number of halogens is 1. The topological polar surface area (TPSA) is 52.0 Å². The minimum atomic E-state index is -0.140. The standard InChI is InChI=1S/C14H15ClN2/c15-13-6-4-11(5-7-13)14(17)12-3-1-2-10(8-12)9-16/h1-8,14H,9,16-17H2. The van der Waals surface area contributed by atoms with Crippen molar-refractivity contribution in [2.75, 3.05) is 0 Å². The van der Waals surface area contributed by atoms with E-state index < -0.39 is 0 Å². The van der Waals surface area contributed by atoms with E-state index in [9.17, 15) is 0 Å². The molecule has 0 radical (unpaired) electrons. The summed E-state index contributed by atoms with van der Waals surface area (Å²) < 4.78 is 0. The fourth-order valence-corrected chi connectivity index (χ4v) is 1.90. The minimum absolute atomic E-state index is 0.140. The predicted molar refractivity (Wildman–Crippen MR) is 71.8 cm³/mol. The van der Waals surface area contributed by atoms with Gasteiger partial charge in [0.15, 0.2) is 0 Å². The fraction of sp³-hybridized carbons (Fsp3) is 0.143. The van der Waals surface area contributed by atoms with Gasteiger partial charge < -0.3 is 11.5 Å². The molecule has 88 valence electrons. The van der Waals surface area contributed by atoms with Crippen molar-refractivity contribution in [3.05, 3.63) is 70.2 Å². The lowest BCUT2D eigenvalue weighted by molar-refractivity contribution is 0.866. The van der Waals surface area contributed by atoms with Crippen molar-refractivity contribution in [1.29, 1.82) is 0 Å². The summed E-state index contributed by atoms with van der Waals surface area (Å²) in [4.78, 5) is 0. The van der Waals surface area contributed by atoms with Crippen LogP contribution in [0.25, 0.3) is 0 Å². The van der Waals surface area contributed by atoms with Crippen molar-refractivity contribution in [3.63, 3.8) is 0 Å². The molecule has 0 bridgehead atoms. The molecule has 0 aliphatic carbocycles. The van der Waals surface area contributed by atoms with Crippen LogP contribution < -0.4 is 11.5 Å². The van der Waals surface area contributed by atoms with Crippen LogP contribution in [0.3, 0.4) is 0 Å². The van der Waals surface area contributed by atoms with Gasteiger partial charge in [0, 0.05) is 11.6 Å². The second-order valence-corrected chi connectivity index (χ2v) is 4.41. The number of hydrogen-bond acceptors (Lipinski definition) is 2. The van der Waals surface area contributed by atoms with Crippen molar-refractivity contribution in [1.82, 2.24) is 0 Å². The molecule has 17 heavy (non-hydrogen) atoms. The Morgan fingerprint density at radius 1 is 1.00 bits per heavy atom. The molecule has 2 aromatic rings. The van der Waals surface area contributed by atoms with Crippen LogP contribution in [0.2, 0.25) is 5.02 Å². The van der Waals surface area contributed by atoms with Gasteiger partial charge in [0.2, 0.25) is 0 Å². The first-order valence-corrected chi connectivity index (χ1v) is 5.88. The minimum Gasteiger partial charge on any atom is -0.326 e. The summed E-state index contributed by atoms with van der Waals surface area (Å²) in [6.07, 6.45) is 0. The zero-order chi connectivity index (χ0) is 12.3. The maximum atomic E-state index is 6.21. The summed E-state index contributed by atoms with van der Waals surface area (Å²) in [5.74, 6) is 0. The third-order valence-corrected chi connectivity index (χ3v) is 3.03. The van der Waals surface area contributed by atoms with Gasteiger partial charge in [0.25, 0.3) is 0 Å². The summed E-state index contributed by atoms with van der Waals surface area (Å²) in [5.41, 5.74) is 15.0. The van der Waals surface area contributed by atoms with Crippen molar-refractivity contribution in [2.45, 2.75) is 12.6 Å². The molecule has 1 atom stereocenters. The molecule has 0 aliphatic rings. The third-order valence-electron chi connectivity index (χ3n) is 2.77. The maximum Gasteiger partial charge on any atom is 0.0551 e. The summed E-state index contributed by atoms with van der Waals surface area (Å²) >= 11 is 5.85. The molecule has 0 saturated heterocycles. The zero-order valence-electron chi connectivity index (χ0n) is 9.44. The average molecular weight is 247 g/mol. The van der Waals surface area contributed by atoms with Gasteiger partial charge in [-0.05, 0) is 28.8 Å². The number of nitrogens with two attached hydrogens (primary N) is 2. The summed E-state index contributed by atoms with van der Waals surface area (Å²) in [6, 6.07) is 15.5. The van der Waals surface area contributed by atoms with Crippen LogP contribution in [0.4, 0.5) is 0 Å². The summed E-state index contributed by atoms with van der Waals surface area (Å²) in [6.45, 7) is 0.529. The molecule has 0 fully saturated rings. The Morgan fingerprint density at radius 3 is 2.35 bits per heavy atom. The molecule has 0 aliphatic heterocycles. The molecule has 4 N–H and O–H groups in total. The monoisotopic (exact) mass is 246 g/mol. The van der Waals surface area contributed by atoms with Crippen molar-refractivity contribution < 1.29 is 0 Å². The van der Waals surface area contributed by atoms with E-state index >= 15 is 0 Å². The van der Waals surface area contributed by atoms with Crippen LogP contribution in [-0.4, -0.2) is 0 Å². The van der Waals surface area contributed by atoms with Gasteiger partial charge in [-0.15, -0.1) is 0 Å². The number of rotatable bonds is 3. The highest BCUT2D eigenvalue weighted by molar-refractivity contribution is 6.30. The maximum absolute atomic E-state index is 6.21. The van der Waals surface area contributed by atoms with E-state index in [1.807, 2.05) is 48.5 Å². The van der Waals surface area contributed by atoms with Crippen LogP contribution in [0.15, 0.2) is 48.5 Å². The van der Waals surface area contributed by atoms with E-state index in [-0.39, 0.29) is 6.04 Å². The van der Waals surface area contributed by atoms with Crippen LogP contribution in [0.1, 0.15) is 22.7 Å². The van der Waals surface area contributed by atoms with Gasteiger partial charge >= 0.3 is 0 Å². The zero-order valence-corrected chi connectivity index (χ0v) is 10.2. The SMILES string of the molecule is NCc1cccc(C(N)c2ccc(Cl)cc2)c1. The second-order valence-electron chi connectivity index (χ2n) is 3.98. The van der Waals surface area contributed by atoms with Crippen LogP contribution in [0.5, 0.6) is 0 Å². The Labute approximate surface area is 106 Å². The Bertz CT molecular complexity index is 494. The van der Waals surface area contributed by atoms with E-state index in [2.05, 4.69) is 0 Å². The van der Waals surface area contributed by atoms with E-state index in [4.69, 9.17) is 23.1 Å². The van der Waals surface area contributed by atoms with Gasteiger partial charge in [-0.2, -0.15) is 0 Å². The number of hydrogen-bond donors (Lipinski definition) is 2. The highest BCUT2D eigenvalue weighted by Gasteiger charge is 2.08. The van der Waals surface area contributed by atoms with Crippen LogP contribution >= 0.6 is 11.6 Å². The second kappa shape index (κ2) is 5.32. The highest BCUT2D eigenvalue weighted by atomic mass is 35.5. The largest absolute Gasteiger partial charge is 0.326 e. The molecule has 0 amide bonds.